The second-order valence-corrected chi connectivity index (χ2v) is 8.77. The molecule has 2 aliphatic rings. The Labute approximate surface area is 195 Å². The maximum absolute atomic E-state index is 13.3. The molecule has 2 saturated heterocycles. The minimum atomic E-state index is -0.554. The van der Waals surface area contributed by atoms with Gasteiger partial charge in [-0.05, 0) is 68.7 Å². The zero-order valence-electron chi connectivity index (χ0n) is 17.1. The summed E-state index contributed by atoms with van der Waals surface area (Å²) in [5.74, 6) is -1.10. The van der Waals surface area contributed by atoms with E-state index in [0.717, 1.165) is 42.9 Å². The Kier molecular flexibility index (Phi) is 6.21. The molecule has 1 aromatic carbocycles. The number of halogens is 2. The number of ether oxygens (including phenoxy) is 1. The van der Waals surface area contributed by atoms with Crippen LogP contribution in [0.15, 0.2) is 29.8 Å². The third-order valence-corrected chi connectivity index (χ3v) is 6.69. The van der Waals surface area contributed by atoms with Crippen LogP contribution in [0.25, 0.3) is 6.08 Å². The van der Waals surface area contributed by atoms with Gasteiger partial charge in [0.05, 0.1) is 21.8 Å². The number of carbonyl (C=O) groups is 2. The van der Waals surface area contributed by atoms with Crippen molar-refractivity contribution in [3.05, 3.63) is 56.8 Å². The zero-order valence-corrected chi connectivity index (χ0v) is 19.4. The van der Waals surface area contributed by atoms with Crippen molar-refractivity contribution in [1.82, 2.24) is 9.88 Å². The average Bonchev–Trinajstić information content (AvgIpc) is 3.32. The highest BCUT2D eigenvalue weighted by Crippen LogP contribution is 2.34. The largest absolute Gasteiger partial charge is 0.376 e. The van der Waals surface area contributed by atoms with Crippen LogP contribution in [0.2, 0.25) is 10.0 Å². The van der Waals surface area contributed by atoms with Gasteiger partial charge in [-0.3, -0.25) is 19.8 Å². The molecule has 2 aromatic rings. The third kappa shape index (κ3) is 4.15. The summed E-state index contributed by atoms with van der Waals surface area (Å²) in [6.45, 7) is 5.50. The molecule has 1 aromatic heterocycles. The van der Waals surface area contributed by atoms with Gasteiger partial charge in [-0.15, -0.1) is 0 Å². The topological polar surface area (TPSA) is 63.6 Å². The number of rotatable bonds is 4. The average molecular weight is 478 g/mol. The first kappa shape index (κ1) is 22.0. The number of hydrogen-bond donors (Lipinski definition) is 1. The zero-order chi connectivity index (χ0) is 22.3. The van der Waals surface area contributed by atoms with E-state index in [9.17, 15) is 9.59 Å². The van der Waals surface area contributed by atoms with Crippen LogP contribution in [0, 0.1) is 13.8 Å². The second-order valence-electron chi connectivity index (χ2n) is 7.60. The molecule has 0 spiro atoms. The second kappa shape index (κ2) is 8.74. The van der Waals surface area contributed by atoms with E-state index >= 15 is 0 Å². The van der Waals surface area contributed by atoms with Gasteiger partial charge in [0.15, 0.2) is 5.11 Å². The predicted octanol–water partition coefficient (Wildman–Crippen LogP) is 4.42. The summed E-state index contributed by atoms with van der Waals surface area (Å²) in [4.78, 5) is 27.1. The van der Waals surface area contributed by atoms with E-state index in [-0.39, 0.29) is 26.8 Å². The molecule has 0 radical (unpaired) electrons. The van der Waals surface area contributed by atoms with Gasteiger partial charge in [0.25, 0.3) is 11.8 Å². The van der Waals surface area contributed by atoms with Crippen molar-refractivity contribution < 1.29 is 14.3 Å². The molecule has 4 rings (SSSR count). The van der Waals surface area contributed by atoms with Crippen LogP contribution >= 0.6 is 35.4 Å². The highest BCUT2D eigenvalue weighted by Gasteiger charge is 2.36. The molecule has 2 aliphatic heterocycles. The van der Waals surface area contributed by atoms with Gasteiger partial charge < -0.3 is 9.30 Å². The smallest absolute Gasteiger partial charge is 0.270 e. The lowest BCUT2D eigenvalue weighted by atomic mass is 10.1. The summed E-state index contributed by atoms with van der Waals surface area (Å²) in [5, 5.41) is 3.01. The fourth-order valence-electron chi connectivity index (χ4n) is 3.94. The Hall–Kier alpha value is -2.19. The summed E-state index contributed by atoms with van der Waals surface area (Å²) in [7, 11) is 0. The standard InChI is InChI=1S/C22H21Cl2N3O3S/c1-12-9-14(13(2)26(12)11-15-5-4-8-30-15)10-16-20(28)25-22(31)27(21(16)29)18-7-3-6-17(23)19(18)24/h3,6-7,9-10,15H,4-5,8,11H2,1-2H3,(H,25,28,31)/b16-10+/t15-/m0/s1. The van der Waals surface area contributed by atoms with Crippen LogP contribution in [0.1, 0.15) is 29.8 Å². The van der Waals surface area contributed by atoms with Gasteiger partial charge in [-0.1, -0.05) is 29.3 Å². The highest BCUT2D eigenvalue weighted by molar-refractivity contribution is 7.80. The number of nitrogens with one attached hydrogen (secondary N) is 1. The van der Waals surface area contributed by atoms with Crippen LogP contribution in [-0.2, 0) is 20.9 Å². The first-order valence-corrected chi connectivity index (χ1v) is 11.1. The van der Waals surface area contributed by atoms with E-state index in [1.807, 2.05) is 19.9 Å². The molecule has 162 valence electrons. The SMILES string of the molecule is Cc1cc(/C=C2\C(=O)NC(=S)N(c3cccc(Cl)c3Cl)C2=O)c(C)n1C[C@@H]1CCCO1. The molecule has 1 N–H and O–H groups in total. The number of amides is 2. The summed E-state index contributed by atoms with van der Waals surface area (Å²) in [6, 6.07) is 6.86. The maximum atomic E-state index is 13.3. The Bertz CT molecular complexity index is 1120. The maximum Gasteiger partial charge on any atom is 0.270 e. The molecular weight excluding hydrogens is 457 g/mol. The highest BCUT2D eigenvalue weighted by atomic mass is 35.5. The van der Waals surface area contributed by atoms with Crippen LogP contribution in [0.4, 0.5) is 5.69 Å². The Morgan fingerprint density at radius 1 is 1.29 bits per heavy atom. The van der Waals surface area contributed by atoms with Crippen molar-refractivity contribution >= 4 is 64.1 Å². The van der Waals surface area contributed by atoms with E-state index in [2.05, 4.69) is 9.88 Å². The molecule has 9 heteroatoms. The molecule has 2 amide bonds. The molecule has 0 aliphatic carbocycles. The van der Waals surface area contributed by atoms with E-state index < -0.39 is 11.8 Å². The van der Waals surface area contributed by atoms with Gasteiger partial charge in [0.2, 0.25) is 0 Å². The first-order valence-electron chi connectivity index (χ1n) is 9.91. The van der Waals surface area contributed by atoms with Crippen LogP contribution < -0.4 is 10.2 Å². The molecule has 0 bridgehead atoms. The number of aromatic nitrogens is 1. The number of thiocarbonyl (C=S) groups is 1. The molecule has 3 heterocycles. The molecule has 0 saturated carbocycles. The van der Waals surface area contributed by atoms with E-state index in [0.29, 0.717) is 5.69 Å². The molecule has 6 nitrogen and oxygen atoms in total. The van der Waals surface area contributed by atoms with Crippen LogP contribution in [0.3, 0.4) is 0 Å². The van der Waals surface area contributed by atoms with Crippen molar-refractivity contribution in [2.45, 2.75) is 39.3 Å². The molecule has 1 atom stereocenters. The lowest BCUT2D eigenvalue weighted by molar-refractivity contribution is -0.122. The van der Waals surface area contributed by atoms with Gasteiger partial charge >= 0.3 is 0 Å². The predicted molar refractivity (Wildman–Crippen MR) is 126 cm³/mol. The quantitative estimate of drug-likeness (QED) is 0.402. The normalized spacial score (nSPS) is 20.6. The summed E-state index contributed by atoms with van der Waals surface area (Å²) in [5.41, 5.74) is 3.08. The fourth-order valence-corrected chi connectivity index (χ4v) is 4.60. The fraction of sp³-hybridized carbons (Fsp3) is 0.318. The van der Waals surface area contributed by atoms with Crippen molar-refractivity contribution in [1.29, 1.82) is 0 Å². The minimum absolute atomic E-state index is 0.0259. The van der Waals surface area contributed by atoms with E-state index in [1.54, 1.807) is 24.3 Å². The van der Waals surface area contributed by atoms with Crippen LogP contribution in [0.5, 0.6) is 0 Å². The third-order valence-electron chi connectivity index (χ3n) is 5.60. The lowest BCUT2D eigenvalue weighted by Crippen LogP contribution is -2.54. The van der Waals surface area contributed by atoms with Crippen molar-refractivity contribution in [2.75, 3.05) is 11.5 Å². The number of benzene rings is 1. The van der Waals surface area contributed by atoms with E-state index in [4.69, 9.17) is 40.2 Å². The van der Waals surface area contributed by atoms with Crippen LogP contribution in [-0.4, -0.2) is 34.2 Å². The first-order chi connectivity index (χ1) is 14.8. The number of carbonyl (C=O) groups excluding carboxylic acids is 2. The monoisotopic (exact) mass is 477 g/mol. The summed E-state index contributed by atoms with van der Waals surface area (Å²) < 4.78 is 7.91. The molecule has 2 fully saturated rings. The van der Waals surface area contributed by atoms with Gasteiger partial charge in [-0.25, -0.2) is 0 Å². The summed E-state index contributed by atoms with van der Waals surface area (Å²) in [6.07, 6.45) is 3.88. The Balaban J connectivity index is 1.70. The Morgan fingerprint density at radius 2 is 2.06 bits per heavy atom. The molecule has 31 heavy (non-hydrogen) atoms. The number of hydrogen-bond acceptors (Lipinski definition) is 4. The number of anilines is 1. The van der Waals surface area contributed by atoms with Gasteiger partial charge in [0, 0.05) is 24.5 Å². The minimum Gasteiger partial charge on any atom is -0.376 e. The molecular formula is C22H21Cl2N3O3S. The van der Waals surface area contributed by atoms with Crippen molar-refractivity contribution in [3.8, 4) is 0 Å². The Morgan fingerprint density at radius 3 is 2.77 bits per heavy atom. The lowest BCUT2D eigenvalue weighted by Gasteiger charge is -2.29. The van der Waals surface area contributed by atoms with Gasteiger partial charge in [-0.2, -0.15) is 0 Å². The molecule has 0 unspecified atom stereocenters. The van der Waals surface area contributed by atoms with Crippen molar-refractivity contribution in [2.24, 2.45) is 0 Å². The number of nitrogens with zero attached hydrogens (tertiary/aromatic N) is 2. The van der Waals surface area contributed by atoms with Crippen molar-refractivity contribution in [3.63, 3.8) is 0 Å². The van der Waals surface area contributed by atoms with Gasteiger partial charge in [0.1, 0.15) is 5.57 Å². The summed E-state index contributed by atoms with van der Waals surface area (Å²) >= 11 is 17.6. The number of aryl methyl sites for hydroxylation is 1. The van der Waals surface area contributed by atoms with E-state index in [1.165, 1.54) is 4.90 Å².